The number of nitrogens with zero attached hydrogens (tertiary/aromatic N) is 2. The Labute approximate surface area is 189 Å². The molecule has 0 aliphatic carbocycles. The molecule has 0 rings (SSSR count). The molecule has 0 saturated carbocycles. The first kappa shape index (κ1) is 27.5. The Balaban J connectivity index is 4.54. The molecule has 0 unspecified atom stereocenters. The van der Waals surface area contributed by atoms with Crippen molar-refractivity contribution in [2.45, 2.75) is 68.2 Å². The number of thioether (sulfide) groups is 2. The SMILES string of the molecule is CC(C)CCN(CC(C)C)C(=S)SCSC(=S)N(CCC(C)C)CC(C)C. The van der Waals surface area contributed by atoms with E-state index >= 15 is 0 Å². The van der Waals surface area contributed by atoms with Gasteiger partial charge in [0.15, 0.2) is 0 Å². The highest BCUT2D eigenvalue weighted by molar-refractivity contribution is 8.35. The van der Waals surface area contributed by atoms with Crippen molar-refractivity contribution >= 4 is 56.6 Å². The van der Waals surface area contributed by atoms with Crippen LogP contribution in [0.4, 0.5) is 0 Å². The van der Waals surface area contributed by atoms with Crippen molar-refractivity contribution in [2.24, 2.45) is 23.7 Å². The van der Waals surface area contributed by atoms with Gasteiger partial charge in [-0.25, -0.2) is 0 Å². The standard InChI is InChI=1S/C21H42N2S4/c1-16(2)9-11-22(13-18(5)6)20(24)26-15-27-21(25)23(14-19(7)8)12-10-17(3)4/h16-19H,9-15H2,1-8H3. The summed E-state index contributed by atoms with van der Waals surface area (Å²) in [4.78, 5) is 4.78. The first-order valence-electron chi connectivity index (χ1n) is 10.4. The number of thiocarbonyl (C=S) groups is 2. The van der Waals surface area contributed by atoms with Crippen LogP contribution >= 0.6 is 48.0 Å². The molecule has 0 aromatic carbocycles. The average molecular weight is 451 g/mol. The zero-order valence-corrected chi connectivity index (χ0v) is 22.1. The van der Waals surface area contributed by atoms with Crippen LogP contribution in [0.1, 0.15) is 68.2 Å². The van der Waals surface area contributed by atoms with Gasteiger partial charge in [-0.1, -0.05) is 103 Å². The minimum absolute atomic E-state index is 0.627. The minimum Gasteiger partial charge on any atom is -0.357 e. The van der Waals surface area contributed by atoms with Crippen molar-refractivity contribution in [1.29, 1.82) is 0 Å². The first-order valence-corrected chi connectivity index (χ1v) is 13.1. The molecule has 0 aromatic heterocycles. The molecule has 0 N–H and O–H groups in total. The quantitative estimate of drug-likeness (QED) is 0.232. The second kappa shape index (κ2) is 15.3. The maximum atomic E-state index is 5.74. The van der Waals surface area contributed by atoms with E-state index in [2.05, 4.69) is 65.2 Å². The Bertz CT molecular complexity index is 384. The topological polar surface area (TPSA) is 6.48 Å². The van der Waals surface area contributed by atoms with Gasteiger partial charge in [-0.15, -0.1) is 0 Å². The summed E-state index contributed by atoms with van der Waals surface area (Å²) < 4.78 is 2.05. The highest BCUT2D eigenvalue weighted by Gasteiger charge is 2.16. The number of rotatable bonds is 12. The zero-order chi connectivity index (χ0) is 21.0. The lowest BCUT2D eigenvalue weighted by molar-refractivity contribution is 0.350. The summed E-state index contributed by atoms with van der Waals surface area (Å²) in [6.07, 6.45) is 2.38. The molecule has 0 radical (unpaired) electrons. The molecule has 27 heavy (non-hydrogen) atoms. The highest BCUT2D eigenvalue weighted by Crippen LogP contribution is 2.22. The molecular weight excluding hydrogens is 409 g/mol. The third-order valence-electron chi connectivity index (χ3n) is 4.01. The number of hydrogen-bond donors (Lipinski definition) is 0. The van der Waals surface area contributed by atoms with Gasteiger partial charge in [-0.2, -0.15) is 0 Å². The van der Waals surface area contributed by atoms with Gasteiger partial charge >= 0.3 is 0 Å². The molecular formula is C21H42N2S4. The molecule has 0 aliphatic rings. The molecule has 160 valence electrons. The van der Waals surface area contributed by atoms with Gasteiger partial charge in [0.2, 0.25) is 0 Å². The summed E-state index contributed by atoms with van der Waals surface area (Å²) in [5.74, 6) is 2.67. The molecule has 0 aliphatic heterocycles. The second-order valence-electron chi connectivity index (χ2n) is 8.98. The monoisotopic (exact) mass is 450 g/mol. The summed E-state index contributed by atoms with van der Waals surface area (Å²) in [6.45, 7) is 22.4. The van der Waals surface area contributed by atoms with Gasteiger partial charge in [0.25, 0.3) is 0 Å². The summed E-state index contributed by atoms with van der Waals surface area (Å²) >= 11 is 15.0. The zero-order valence-electron chi connectivity index (χ0n) is 18.8. The van der Waals surface area contributed by atoms with Gasteiger partial charge in [0.05, 0.1) is 5.08 Å². The fourth-order valence-electron chi connectivity index (χ4n) is 2.54. The van der Waals surface area contributed by atoms with Crippen molar-refractivity contribution in [3.63, 3.8) is 0 Å². The predicted molar refractivity (Wildman–Crippen MR) is 137 cm³/mol. The van der Waals surface area contributed by atoms with Crippen LogP contribution in [0.15, 0.2) is 0 Å². The van der Waals surface area contributed by atoms with Crippen molar-refractivity contribution in [2.75, 3.05) is 31.3 Å². The van der Waals surface area contributed by atoms with E-state index in [1.54, 1.807) is 23.5 Å². The van der Waals surface area contributed by atoms with Gasteiger partial charge in [-0.05, 0) is 36.5 Å². The van der Waals surface area contributed by atoms with Crippen LogP contribution in [0.5, 0.6) is 0 Å². The Kier molecular flexibility index (Phi) is 15.6. The van der Waals surface area contributed by atoms with Crippen molar-refractivity contribution < 1.29 is 0 Å². The summed E-state index contributed by atoms with van der Waals surface area (Å²) in [5.41, 5.74) is 0. The smallest absolute Gasteiger partial charge is 0.137 e. The predicted octanol–water partition coefficient (Wildman–Crippen LogP) is 6.99. The van der Waals surface area contributed by atoms with Crippen LogP contribution in [-0.4, -0.2) is 49.7 Å². The van der Waals surface area contributed by atoms with Gasteiger partial charge in [0, 0.05) is 26.2 Å². The summed E-state index contributed by atoms with van der Waals surface area (Å²) in [5, 5.41) is 0.907. The molecule has 0 bridgehead atoms. The van der Waals surface area contributed by atoms with E-state index in [-0.39, 0.29) is 0 Å². The normalized spacial score (nSPS) is 11.7. The second-order valence-corrected chi connectivity index (χ2v) is 12.6. The summed E-state index contributed by atoms with van der Waals surface area (Å²) in [6, 6.07) is 0. The molecule has 0 fully saturated rings. The number of hydrogen-bond acceptors (Lipinski definition) is 4. The lowest BCUT2D eigenvalue weighted by Crippen LogP contribution is -2.34. The van der Waals surface area contributed by atoms with E-state index in [1.807, 2.05) is 0 Å². The van der Waals surface area contributed by atoms with E-state index in [1.165, 1.54) is 12.8 Å². The largest absolute Gasteiger partial charge is 0.357 e. The maximum Gasteiger partial charge on any atom is 0.137 e. The Hall–Kier alpha value is 0.480. The van der Waals surface area contributed by atoms with Crippen molar-refractivity contribution in [3.8, 4) is 0 Å². The fourth-order valence-corrected chi connectivity index (χ4v) is 5.47. The lowest BCUT2D eigenvalue weighted by Gasteiger charge is -2.29. The Morgan fingerprint density at radius 2 is 0.963 bits per heavy atom. The van der Waals surface area contributed by atoms with Crippen molar-refractivity contribution in [1.82, 2.24) is 9.80 Å². The van der Waals surface area contributed by atoms with Gasteiger partial charge < -0.3 is 9.80 Å². The van der Waals surface area contributed by atoms with Crippen molar-refractivity contribution in [3.05, 3.63) is 0 Å². The maximum absolute atomic E-state index is 5.74. The van der Waals surface area contributed by atoms with E-state index < -0.39 is 0 Å². The molecule has 0 atom stereocenters. The lowest BCUT2D eigenvalue weighted by atomic mass is 10.1. The molecule has 6 heteroatoms. The van der Waals surface area contributed by atoms with Gasteiger partial charge in [0.1, 0.15) is 8.64 Å². The Morgan fingerprint density at radius 3 is 1.22 bits per heavy atom. The van der Waals surface area contributed by atoms with Crippen LogP contribution in [0.3, 0.4) is 0 Å². The molecule has 0 amide bonds. The fraction of sp³-hybridized carbons (Fsp3) is 0.905. The molecule has 2 nitrogen and oxygen atoms in total. The minimum atomic E-state index is 0.627. The van der Waals surface area contributed by atoms with E-state index in [9.17, 15) is 0 Å². The molecule has 0 heterocycles. The molecule has 0 aromatic rings. The van der Waals surface area contributed by atoms with Crippen LogP contribution < -0.4 is 0 Å². The van der Waals surface area contributed by atoms with E-state index in [0.29, 0.717) is 23.7 Å². The summed E-state index contributed by atoms with van der Waals surface area (Å²) in [7, 11) is 0. The highest BCUT2D eigenvalue weighted by atomic mass is 32.2. The van der Waals surface area contributed by atoms with E-state index in [4.69, 9.17) is 24.4 Å². The molecule has 0 spiro atoms. The van der Waals surface area contributed by atoms with Crippen LogP contribution in [0.2, 0.25) is 0 Å². The third-order valence-corrected chi connectivity index (χ3v) is 7.18. The third kappa shape index (κ3) is 15.0. The van der Waals surface area contributed by atoms with Crippen LogP contribution in [-0.2, 0) is 0 Å². The van der Waals surface area contributed by atoms with Gasteiger partial charge in [-0.3, -0.25) is 0 Å². The van der Waals surface area contributed by atoms with Crippen LogP contribution in [0.25, 0.3) is 0 Å². The van der Waals surface area contributed by atoms with E-state index in [0.717, 1.165) is 39.9 Å². The first-order chi connectivity index (χ1) is 12.5. The Morgan fingerprint density at radius 1 is 0.630 bits per heavy atom. The molecule has 0 saturated heterocycles. The van der Waals surface area contributed by atoms with Crippen LogP contribution in [0, 0.1) is 23.7 Å². The average Bonchev–Trinajstić information content (AvgIpc) is 2.53.